The van der Waals surface area contributed by atoms with Crippen LogP contribution in [0.15, 0.2) is 48.7 Å². The Morgan fingerprint density at radius 1 is 1.36 bits per heavy atom. The quantitative estimate of drug-likeness (QED) is 0.865. The summed E-state index contributed by atoms with van der Waals surface area (Å²) < 4.78 is 0. The number of nitrogens with zero attached hydrogens (tertiary/aromatic N) is 2. The van der Waals surface area contributed by atoms with E-state index in [0.29, 0.717) is 18.7 Å². The van der Waals surface area contributed by atoms with Crippen molar-refractivity contribution in [2.45, 2.75) is 19.4 Å². The fourth-order valence-corrected chi connectivity index (χ4v) is 2.74. The molecule has 1 N–H and O–H groups in total. The normalized spacial score (nSPS) is 17.8. The molecule has 1 saturated heterocycles. The van der Waals surface area contributed by atoms with Crippen molar-refractivity contribution in [3.63, 3.8) is 0 Å². The van der Waals surface area contributed by atoms with Gasteiger partial charge in [0.1, 0.15) is 6.04 Å². The molecule has 1 aliphatic rings. The zero-order valence-electron chi connectivity index (χ0n) is 12.4. The Morgan fingerprint density at radius 3 is 2.95 bits per heavy atom. The van der Waals surface area contributed by atoms with Gasteiger partial charge in [-0.25, -0.2) is 0 Å². The third kappa shape index (κ3) is 2.70. The lowest BCUT2D eigenvalue weighted by molar-refractivity contribution is -0.134. The highest BCUT2D eigenvalue weighted by Gasteiger charge is 2.34. The summed E-state index contributed by atoms with van der Waals surface area (Å²) in [6.07, 6.45) is 2.25. The second kappa shape index (κ2) is 5.60. The molecule has 2 aromatic rings. The number of amides is 2. The van der Waals surface area contributed by atoms with Crippen molar-refractivity contribution < 1.29 is 9.59 Å². The van der Waals surface area contributed by atoms with Crippen molar-refractivity contribution >= 4 is 28.4 Å². The Morgan fingerprint density at radius 2 is 2.18 bits per heavy atom. The molecule has 3 rings (SSSR count). The number of benzene rings is 1. The highest BCUT2D eigenvalue weighted by molar-refractivity contribution is 5.99. The highest BCUT2D eigenvalue weighted by Crippen LogP contribution is 2.23. The molecule has 1 aromatic heterocycles. The van der Waals surface area contributed by atoms with Gasteiger partial charge in [-0.15, -0.1) is 0 Å². The summed E-state index contributed by atoms with van der Waals surface area (Å²) in [5.74, 6) is -0.293. The summed E-state index contributed by atoms with van der Waals surface area (Å²) in [5.41, 5.74) is 2.48. The van der Waals surface area contributed by atoms with Crippen LogP contribution in [0.4, 0.5) is 5.69 Å². The van der Waals surface area contributed by atoms with Gasteiger partial charge in [0.25, 0.3) is 0 Å². The van der Waals surface area contributed by atoms with E-state index in [1.807, 2.05) is 30.3 Å². The van der Waals surface area contributed by atoms with Crippen LogP contribution in [0.25, 0.3) is 10.9 Å². The lowest BCUT2D eigenvalue weighted by Gasteiger charge is -2.22. The first-order valence-corrected chi connectivity index (χ1v) is 7.14. The molecular weight excluding hydrogens is 278 g/mol. The predicted octanol–water partition coefficient (Wildman–Crippen LogP) is 2.35. The Hall–Kier alpha value is -2.69. The third-order valence-electron chi connectivity index (χ3n) is 3.83. The number of aromatic nitrogens is 1. The van der Waals surface area contributed by atoms with Crippen LogP contribution in [0.3, 0.4) is 0 Å². The van der Waals surface area contributed by atoms with Crippen molar-refractivity contribution in [2.24, 2.45) is 0 Å². The molecule has 1 aliphatic heterocycles. The van der Waals surface area contributed by atoms with Gasteiger partial charge in [0.05, 0.1) is 5.52 Å². The highest BCUT2D eigenvalue weighted by atomic mass is 16.2. The van der Waals surface area contributed by atoms with Crippen LogP contribution in [0.1, 0.15) is 13.3 Å². The molecule has 1 aromatic carbocycles. The van der Waals surface area contributed by atoms with E-state index < -0.39 is 6.04 Å². The zero-order valence-corrected chi connectivity index (χ0v) is 12.4. The van der Waals surface area contributed by atoms with Gasteiger partial charge in [0.2, 0.25) is 11.8 Å². The molecule has 112 valence electrons. The molecule has 5 heteroatoms. The van der Waals surface area contributed by atoms with Crippen LogP contribution >= 0.6 is 0 Å². The third-order valence-corrected chi connectivity index (χ3v) is 3.83. The second-order valence-electron chi connectivity index (χ2n) is 5.52. The predicted molar refractivity (Wildman–Crippen MR) is 85.3 cm³/mol. The molecule has 22 heavy (non-hydrogen) atoms. The van der Waals surface area contributed by atoms with E-state index in [1.165, 1.54) is 6.92 Å². The minimum absolute atomic E-state index is 0.110. The number of carbonyl (C=O) groups is 2. The van der Waals surface area contributed by atoms with Crippen molar-refractivity contribution in [2.75, 3.05) is 11.9 Å². The van der Waals surface area contributed by atoms with E-state index in [2.05, 4.69) is 16.9 Å². The number of pyridine rings is 1. The largest absolute Gasteiger partial charge is 0.327 e. The molecule has 0 saturated carbocycles. The van der Waals surface area contributed by atoms with E-state index in [0.717, 1.165) is 16.5 Å². The maximum absolute atomic E-state index is 12.4. The molecule has 2 amide bonds. The van der Waals surface area contributed by atoms with E-state index in [9.17, 15) is 9.59 Å². The van der Waals surface area contributed by atoms with Crippen LogP contribution < -0.4 is 5.32 Å². The minimum Gasteiger partial charge on any atom is -0.327 e. The smallest absolute Gasteiger partial charge is 0.247 e. The van der Waals surface area contributed by atoms with Gasteiger partial charge in [0, 0.05) is 30.7 Å². The first kappa shape index (κ1) is 14.3. The lowest BCUT2D eigenvalue weighted by Crippen LogP contribution is -2.42. The number of likely N-dealkylation sites (tertiary alicyclic amines) is 1. The number of hydrogen-bond donors (Lipinski definition) is 1. The molecule has 5 nitrogen and oxygen atoms in total. The number of fused-ring (bicyclic) bond motifs is 1. The van der Waals surface area contributed by atoms with E-state index in [1.54, 1.807) is 11.1 Å². The molecule has 2 heterocycles. The van der Waals surface area contributed by atoms with Gasteiger partial charge in [-0.2, -0.15) is 0 Å². The number of anilines is 1. The van der Waals surface area contributed by atoms with Gasteiger partial charge < -0.3 is 10.2 Å². The van der Waals surface area contributed by atoms with Crippen molar-refractivity contribution in [3.8, 4) is 0 Å². The maximum Gasteiger partial charge on any atom is 0.247 e. The van der Waals surface area contributed by atoms with Crippen LogP contribution in [0.2, 0.25) is 0 Å². The molecule has 1 fully saturated rings. The van der Waals surface area contributed by atoms with Crippen LogP contribution in [0, 0.1) is 0 Å². The lowest BCUT2D eigenvalue weighted by atomic mass is 10.1. The van der Waals surface area contributed by atoms with Gasteiger partial charge in [-0.3, -0.25) is 14.6 Å². The Kier molecular flexibility index (Phi) is 3.63. The fourth-order valence-electron chi connectivity index (χ4n) is 2.74. The Balaban J connectivity index is 1.80. The molecule has 0 unspecified atom stereocenters. The Bertz CT molecular complexity index is 769. The topological polar surface area (TPSA) is 62.3 Å². The number of nitrogens with one attached hydrogen (secondary N) is 1. The number of rotatable bonds is 2. The fraction of sp³-hybridized carbons (Fsp3) is 0.235. The number of hydrogen-bond acceptors (Lipinski definition) is 3. The summed E-state index contributed by atoms with van der Waals surface area (Å²) in [6, 6.07) is 8.87. The summed E-state index contributed by atoms with van der Waals surface area (Å²) in [7, 11) is 0. The number of carbonyl (C=O) groups excluding carboxylic acids is 2. The van der Waals surface area contributed by atoms with Gasteiger partial charge >= 0.3 is 0 Å². The van der Waals surface area contributed by atoms with Crippen LogP contribution in [-0.4, -0.2) is 34.3 Å². The van der Waals surface area contributed by atoms with Crippen molar-refractivity contribution in [3.05, 3.63) is 48.7 Å². The van der Waals surface area contributed by atoms with E-state index >= 15 is 0 Å². The standard InChI is InChI=1S/C17H17N3O2/c1-11-8-16(20(10-11)12(2)21)17(22)19-14-5-6-15-13(9-14)4-3-7-18-15/h3-7,9,16H,1,8,10H2,2H3,(H,19,22)/t16-/m0/s1. The van der Waals surface area contributed by atoms with Crippen molar-refractivity contribution in [1.82, 2.24) is 9.88 Å². The monoisotopic (exact) mass is 295 g/mol. The minimum atomic E-state index is -0.477. The van der Waals surface area contributed by atoms with Crippen LogP contribution in [0.5, 0.6) is 0 Å². The van der Waals surface area contributed by atoms with E-state index in [4.69, 9.17) is 0 Å². The molecule has 0 radical (unpaired) electrons. The van der Waals surface area contributed by atoms with Gasteiger partial charge in [0.15, 0.2) is 0 Å². The molecule has 0 bridgehead atoms. The summed E-state index contributed by atoms with van der Waals surface area (Å²) in [4.78, 5) is 29.9. The SMILES string of the molecule is C=C1C[C@@H](C(=O)Nc2ccc3ncccc3c2)N(C(C)=O)C1. The maximum atomic E-state index is 12.4. The average molecular weight is 295 g/mol. The first-order chi connectivity index (χ1) is 10.5. The zero-order chi connectivity index (χ0) is 15.7. The molecule has 1 atom stereocenters. The summed E-state index contributed by atoms with van der Waals surface area (Å²) >= 11 is 0. The molecular formula is C17H17N3O2. The molecule has 0 aliphatic carbocycles. The molecule has 0 spiro atoms. The van der Waals surface area contributed by atoms with Gasteiger partial charge in [-0.05, 0) is 30.7 Å². The summed E-state index contributed by atoms with van der Waals surface area (Å²) in [6.45, 7) is 5.81. The van der Waals surface area contributed by atoms with Crippen molar-refractivity contribution in [1.29, 1.82) is 0 Å². The Labute approximate surface area is 128 Å². The van der Waals surface area contributed by atoms with E-state index in [-0.39, 0.29) is 11.8 Å². The second-order valence-corrected chi connectivity index (χ2v) is 5.52. The average Bonchev–Trinajstić information content (AvgIpc) is 2.89. The van der Waals surface area contributed by atoms with Gasteiger partial charge in [-0.1, -0.05) is 18.2 Å². The summed E-state index contributed by atoms with van der Waals surface area (Å²) in [5, 5.41) is 3.84. The van der Waals surface area contributed by atoms with Crippen LogP contribution in [-0.2, 0) is 9.59 Å². The first-order valence-electron chi connectivity index (χ1n) is 7.14.